The number of rotatable bonds is 4. The van der Waals surface area contributed by atoms with Crippen LogP contribution in [-0.2, 0) is 4.74 Å². The number of carbonyl (C=O) groups excluding carboxylic acids is 1. The van der Waals surface area contributed by atoms with Gasteiger partial charge in [-0.05, 0) is 36.2 Å². The highest BCUT2D eigenvalue weighted by Crippen LogP contribution is 2.32. The number of aryl methyl sites for hydroxylation is 1. The van der Waals surface area contributed by atoms with Crippen LogP contribution in [0.1, 0.15) is 41.5 Å². The molecule has 1 fully saturated rings. The molecule has 1 aliphatic heterocycles. The molecule has 29 heavy (non-hydrogen) atoms. The van der Waals surface area contributed by atoms with Gasteiger partial charge < -0.3 is 15.4 Å². The van der Waals surface area contributed by atoms with E-state index in [1.54, 1.807) is 4.52 Å². The Bertz CT molecular complexity index is 1090. The Morgan fingerprint density at radius 3 is 2.62 bits per heavy atom. The molecule has 0 saturated carbocycles. The molecule has 1 aromatic carbocycles. The van der Waals surface area contributed by atoms with Gasteiger partial charge in [0.25, 0.3) is 5.91 Å². The van der Waals surface area contributed by atoms with Crippen LogP contribution in [0, 0.1) is 12.7 Å². The number of carbonyl (C=O) groups is 1. The summed E-state index contributed by atoms with van der Waals surface area (Å²) in [5, 5.41) is 4.64. The summed E-state index contributed by atoms with van der Waals surface area (Å²) in [6.07, 6.45) is 1.86. The van der Waals surface area contributed by atoms with Gasteiger partial charge in [0.15, 0.2) is 11.5 Å². The van der Waals surface area contributed by atoms with Crippen LogP contribution in [0.15, 0.2) is 24.4 Å². The number of morpholine rings is 1. The second-order valence-corrected chi connectivity index (χ2v) is 7.62. The molecule has 3 aromatic rings. The third-order valence-corrected chi connectivity index (χ3v) is 5.19. The van der Waals surface area contributed by atoms with Crippen LogP contribution in [0.2, 0.25) is 0 Å². The van der Waals surface area contributed by atoms with Crippen molar-refractivity contribution >= 4 is 17.2 Å². The average Bonchev–Trinajstić information content (AvgIpc) is 3.12. The molecule has 4 rings (SSSR count). The molecule has 3 heterocycles. The Hall–Kier alpha value is -3.00. The van der Waals surface area contributed by atoms with Gasteiger partial charge in [0.05, 0.1) is 24.5 Å². The van der Waals surface area contributed by atoms with Gasteiger partial charge in [-0.2, -0.15) is 5.10 Å². The zero-order valence-electron chi connectivity index (χ0n) is 16.8. The van der Waals surface area contributed by atoms with Gasteiger partial charge in [-0.3, -0.25) is 4.79 Å². The number of anilines is 1. The van der Waals surface area contributed by atoms with Crippen LogP contribution >= 0.6 is 0 Å². The third-order valence-electron chi connectivity index (χ3n) is 5.19. The summed E-state index contributed by atoms with van der Waals surface area (Å²) >= 11 is 0. The van der Waals surface area contributed by atoms with Crippen LogP contribution in [0.4, 0.5) is 10.1 Å². The number of aromatic nitrogens is 3. The molecule has 0 radical (unpaired) electrons. The fourth-order valence-electron chi connectivity index (χ4n) is 3.59. The molecule has 7 nitrogen and oxygen atoms in total. The predicted molar refractivity (Wildman–Crippen MR) is 109 cm³/mol. The first-order valence-electron chi connectivity index (χ1n) is 9.68. The lowest BCUT2D eigenvalue weighted by atomic mass is 9.98. The summed E-state index contributed by atoms with van der Waals surface area (Å²) in [4.78, 5) is 18.6. The predicted octanol–water partition coefficient (Wildman–Crippen LogP) is 2.90. The third kappa shape index (κ3) is 3.55. The van der Waals surface area contributed by atoms with Gasteiger partial charge in [0, 0.05) is 30.8 Å². The molecular weight excluding hydrogens is 373 g/mol. The van der Waals surface area contributed by atoms with Crippen LogP contribution in [0.5, 0.6) is 0 Å². The lowest BCUT2D eigenvalue weighted by molar-refractivity contribution is 0.0996. The van der Waals surface area contributed by atoms with E-state index >= 15 is 0 Å². The number of primary amides is 1. The van der Waals surface area contributed by atoms with Gasteiger partial charge in [-0.25, -0.2) is 13.9 Å². The van der Waals surface area contributed by atoms with Crippen molar-refractivity contribution in [3.05, 3.63) is 47.2 Å². The summed E-state index contributed by atoms with van der Waals surface area (Å²) in [6, 6.07) is 4.87. The zero-order valence-corrected chi connectivity index (χ0v) is 16.8. The lowest BCUT2D eigenvalue weighted by Crippen LogP contribution is -2.36. The van der Waals surface area contributed by atoms with Crippen LogP contribution in [0.25, 0.3) is 16.8 Å². The average molecular weight is 397 g/mol. The topological polar surface area (TPSA) is 85.8 Å². The molecular formula is C21H24FN5O2. The smallest absolute Gasteiger partial charge is 0.251 e. The number of hydrogen-bond donors (Lipinski definition) is 1. The molecule has 0 spiro atoms. The first-order valence-corrected chi connectivity index (χ1v) is 9.68. The van der Waals surface area contributed by atoms with Gasteiger partial charge in [-0.1, -0.05) is 13.8 Å². The number of halogens is 1. The SMILES string of the molecule is Cc1cc(F)c(C(N)=O)cc1-c1cc(N2CCOCC2)c2nc(C(C)C)nn2c1. The Balaban J connectivity index is 1.93. The number of ether oxygens (including phenoxy) is 1. The molecule has 0 bridgehead atoms. The van der Waals surface area contributed by atoms with E-state index in [0.29, 0.717) is 18.8 Å². The minimum Gasteiger partial charge on any atom is -0.378 e. The van der Waals surface area contributed by atoms with E-state index in [1.807, 2.05) is 33.0 Å². The van der Waals surface area contributed by atoms with E-state index in [-0.39, 0.29) is 11.5 Å². The number of nitrogens with zero attached hydrogens (tertiary/aromatic N) is 4. The molecule has 2 N–H and O–H groups in total. The fourth-order valence-corrected chi connectivity index (χ4v) is 3.59. The van der Waals surface area contributed by atoms with E-state index in [2.05, 4.69) is 10.00 Å². The summed E-state index contributed by atoms with van der Waals surface area (Å²) in [5.74, 6) is -0.465. The number of amides is 1. The van der Waals surface area contributed by atoms with E-state index in [0.717, 1.165) is 41.4 Å². The molecule has 1 aliphatic rings. The Morgan fingerprint density at radius 2 is 1.97 bits per heavy atom. The van der Waals surface area contributed by atoms with Crippen molar-refractivity contribution in [1.82, 2.24) is 14.6 Å². The highest BCUT2D eigenvalue weighted by atomic mass is 19.1. The molecule has 1 amide bonds. The summed E-state index contributed by atoms with van der Waals surface area (Å²) in [6.45, 7) is 8.69. The molecule has 0 unspecified atom stereocenters. The summed E-state index contributed by atoms with van der Waals surface area (Å²) in [5.41, 5.74) is 9.21. The van der Waals surface area contributed by atoms with Crippen molar-refractivity contribution in [3.8, 4) is 11.1 Å². The van der Waals surface area contributed by atoms with Crippen molar-refractivity contribution in [1.29, 1.82) is 0 Å². The highest BCUT2D eigenvalue weighted by Gasteiger charge is 2.21. The second-order valence-electron chi connectivity index (χ2n) is 7.62. The van der Waals surface area contributed by atoms with Gasteiger partial charge in [0.2, 0.25) is 0 Å². The van der Waals surface area contributed by atoms with Crippen molar-refractivity contribution in [2.24, 2.45) is 5.73 Å². The van der Waals surface area contributed by atoms with E-state index in [1.165, 1.54) is 12.1 Å². The molecule has 2 aromatic heterocycles. The van der Waals surface area contributed by atoms with E-state index < -0.39 is 11.7 Å². The van der Waals surface area contributed by atoms with Crippen molar-refractivity contribution in [2.75, 3.05) is 31.2 Å². The number of nitrogens with two attached hydrogens (primary N) is 1. The molecule has 152 valence electrons. The monoisotopic (exact) mass is 397 g/mol. The largest absolute Gasteiger partial charge is 0.378 e. The van der Waals surface area contributed by atoms with Crippen molar-refractivity contribution in [2.45, 2.75) is 26.7 Å². The maximum Gasteiger partial charge on any atom is 0.251 e. The van der Waals surface area contributed by atoms with Crippen molar-refractivity contribution in [3.63, 3.8) is 0 Å². The van der Waals surface area contributed by atoms with E-state index in [4.69, 9.17) is 15.5 Å². The number of pyridine rings is 1. The zero-order chi connectivity index (χ0) is 20.7. The normalized spacial score (nSPS) is 14.7. The van der Waals surface area contributed by atoms with Crippen LogP contribution in [-0.4, -0.2) is 46.8 Å². The molecule has 0 atom stereocenters. The maximum atomic E-state index is 14.2. The summed E-state index contributed by atoms with van der Waals surface area (Å²) in [7, 11) is 0. The first kappa shape index (κ1) is 19.3. The van der Waals surface area contributed by atoms with Crippen LogP contribution < -0.4 is 10.6 Å². The highest BCUT2D eigenvalue weighted by molar-refractivity contribution is 5.95. The van der Waals surface area contributed by atoms with Gasteiger partial charge in [-0.15, -0.1) is 0 Å². The molecule has 1 saturated heterocycles. The van der Waals surface area contributed by atoms with E-state index in [9.17, 15) is 9.18 Å². The quantitative estimate of drug-likeness (QED) is 0.732. The Kier molecular flexibility index (Phi) is 4.96. The Morgan fingerprint density at radius 1 is 1.24 bits per heavy atom. The lowest BCUT2D eigenvalue weighted by Gasteiger charge is -2.29. The number of hydrogen-bond acceptors (Lipinski definition) is 5. The molecule has 0 aliphatic carbocycles. The second kappa shape index (κ2) is 7.44. The minimum atomic E-state index is -0.791. The van der Waals surface area contributed by atoms with Crippen LogP contribution in [0.3, 0.4) is 0 Å². The standard InChI is InChI=1S/C21H24FN5O2/c1-12(2)20-24-21-18(26-4-6-29-7-5-26)9-14(11-27(21)25-20)15-10-16(19(23)28)17(22)8-13(15)3/h8-12H,4-7H2,1-3H3,(H2,23,28). The fraction of sp³-hybridized carbons (Fsp3) is 0.381. The maximum absolute atomic E-state index is 14.2. The van der Waals surface area contributed by atoms with Gasteiger partial charge >= 0.3 is 0 Å². The number of fused-ring (bicyclic) bond motifs is 1. The molecule has 8 heteroatoms. The summed E-state index contributed by atoms with van der Waals surface area (Å²) < 4.78 is 21.4. The minimum absolute atomic E-state index is 0.125. The van der Waals surface area contributed by atoms with Crippen molar-refractivity contribution < 1.29 is 13.9 Å². The first-order chi connectivity index (χ1) is 13.8. The number of benzene rings is 1. The Labute approximate surface area is 168 Å². The van der Waals surface area contributed by atoms with Gasteiger partial charge in [0.1, 0.15) is 5.82 Å².